The third-order valence-corrected chi connectivity index (χ3v) is 18.3. The second-order valence-corrected chi connectivity index (χ2v) is 27.0. The molecule has 540 valence electrons. The van der Waals surface area contributed by atoms with E-state index in [1.807, 2.05) is 19.1 Å². The van der Waals surface area contributed by atoms with Gasteiger partial charge in [0.25, 0.3) is 0 Å². The molecule has 1 aliphatic rings. The van der Waals surface area contributed by atoms with Gasteiger partial charge in [0.2, 0.25) is 5.91 Å². The van der Waals surface area contributed by atoms with Crippen LogP contribution in [0.1, 0.15) is 361 Å². The number of nitrogens with one attached hydrogen (secondary N) is 1. The standard InChI is InChI=1S/C82H147NO10/c1-3-5-7-9-11-13-14-15-16-17-37-41-44-47-50-54-58-62-66-70-78(87)91-71-67-63-59-55-51-48-45-42-39-36-34-32-30-28-26-24-22-20-18-19-21-23-25-27-29-31-33-35-38-40-43-46-49-53-57-61-65-69-77(86)83-74(75(85)68-64-60-56-52-12-10-8-6-4-2)73-92-82-81(90)80(89)79(88)76(72-84)93-82/h4,6,11-13,15-16,18,20,24,26,52,64,68,74-76,79-82,84-85,88-90H,3,5,7-10,14,17,19,21-23,25,27-51,53-63,65-67,69-73H2,1-2H3,(H,83,86)/b6-4+,13-11-,16-15-,20-18-,26-24-,52-12+,68-64+. The van der Waals surface area contributed by atoms with Gasteiger partial charge in [0, 0.05) is 12.8 Å². The predicted octanol–water partition coefficient (Wildman–Crippen LogP) is 21.2. The molecule has 1 saturated heterocycles. The smallest absolute Gasteiger partial charge is 0.305 e. The summed E-state index contributed by atoms with van der Waals surface area (Å²) in [4.78, 5) is 25.1. The highest BCUT2D eigenvalue weighted by Gasteiger charge is 2.44. The van der Waals surface area contributed by atoms with Crippen molar-refractivity contribution in [1.82, 2.24) is 5.32 Å². The van der Waals surface area contributed by atoms with Crippen molar-refractivity contribution in [3.8, 4) is 0 Å². The topological polar surface area (TPSA) is 175 Å². The van der Waals surface area contributed by atoms with Crippen LogP contribution in [0.3, 0.4) is 0 Å². The predicted molar refractivity (Wildman–Crippen MR) is 393 cm³/mol. The zero-order valence-corrected chi connectivity index (χ0v) is 60.2. The summed E-state index contributed by atoms with van der Waals surface area (Å²) < 4.78 is 16.7. The Kier molecular flexibility index (Phi) is 66.3. The lowest BCUT2D eigenvalue weighted by Crippen LogP contribution is -2.60. The first kappa shape index (κ1) is 87.9. The molecule has 1 heterocycles. The van der Waals surface area contributed by atoms with Gasteiger partial charge in [-0.1, -0.05) is 317 Å². The Labute approximate surface area is 572 Å². The Morgan fingerprint density at radius 3 is 1.18 bits per heavy atom. The molecule has 1 fully saturated rings. The molecule has 0 radical (unpaired) electrons. The van der Waals surface area contributed by atoms with Crippen LogP contribution in [0, 0.1) is 0 Å². The minimum atomic E-state index is -1.58. The Balaban J connectivity index is 1.86. The summed E-state index contributed by atoms with van der Waals surface area (Å²) in [6.07, 6.45) is 88.0. The van der Waals surface area contributed by atoms with Gasteiger partial charge in [-0.25, -0.2) is 0 Å². The third-order valence-electron chi connectivity index (χ3n) is 18.3. The normalized spacial score (nSPS) is 17.9. The van der Waals surface area contributed by atoms with E-state index in [9.17, 15) is 35.1 Å². The first-order chi connectivity index (χ1) is 45.7. The number of carbonyl (C=O) groups is 2. The molecule has 0 aromatic rings. The molecule has 0 aromatic heterocycles. The summed E-state index contributed by atoms with van der Waals surface area (Å²) in [5.41, 5.74) is 0. The van der Waals surface area contributed by atoms with E-state index in [2.05, 4.69) is 79.1 Å². The molecule has 0 saturated carbocycles. The Morgan fingerprint density at radius 1 is 0.419 bits per heavy atom. The van der Waals surface area contributed by atoms with Gasteiger partial charge in [0.15, 0.2) is 6.29 Å². The van der Waals surface area contributed by atoms with Crippen LogP contribution in [0.15, 0.2) is 85.1 Å². The highest BCUT2D eigenvalue weighted by molar-refractivity contribution is 5.76. The highest BCUT2D eigenvalue weighted by Crippen LogP contribution is 2.23. The van der Waals surface area contributed by atoms with Crippen molar-refractivity contribution in [3.05, 3.63) is 85.1 Å². The Hall–Kier alpha value is -3.16. The number of ether oxygens (including phenoxy) is 3. The lowest BCUT2D eigenvalue weighted by atomic mass is 9.99. The number of unbranched alkanes of at least 4 members (excludes halogenated alkanes) is 44. The molecule has 6 N–H and O–H groups in total. The van der Waals surface area contributed by atoms with E-state index >= 15 is 0 Å². The fraction of sp³-hybridized carbons (Fsp3) is 0.805. The fourth-order valence-electron chi connectivity index (χ4n) is 12.1. The summed E-state index contributed by atoms with van der Waals surface area (Å²) in [5, 5.41) is 54.3. The number of aliphatic hydroxyl groups excluding tert-OH is 5. The molecule has 1 amide bonds. The molecule has 0 bridgehead atoms. The van der Waals surface area contributed by atoms with Gasteiger partial charge >= 0.3 is 5.97 Å². The van der Waals surface area contributed by atoms with Crippen LogP contribution in [-0.2, 0) is 23.8 Å². The van der Waals surface area contributed by atoms with Crippen molar-refractivity contribution in [2.75, 3.05) is 19.8 Å². The maximum Gasteiger partial charge on any atom is 0.305 e. The zero-order chi connectivity index (χ0) is 67.2. The summed E-state index contributed by atoms with van der Waals surface area (Å²) in [6.45, 7) is 4.09. The number of carbonyl (C=O) groups excluding carboxylic acids is 2. The second-order valence-electron chi connectivity index (χ2n) is 27.0. The van der Waals surface area contributed by atoms with Crippen LogP contribution < -0.4 is 5.32 Å². The van der Waals surface area contributed by atoms with Crippen LogP contribution in [0.5, 0.6) is 0 Å². The monoisotopic (exact) mass is 1310 g/mol. The van der Waals surface area contributed by atoms with Gasteiger partial charge in [0.05, 0.1) is 32.0 Å². The molecule has 7 unspecified atom stereocenters. The third kappa shape index (κ3) is 58.7. The fourth-order valence-corrected chi connectivity index (χ4v) is 12.1. The molecule has 11 heteroatoms. The number of rotatable bonds is 69. The number of aliphatic hydroxyl groups is 5. The summed E-state index contributed by atoms with van der Waals surface area (Å²) in [7, 11) is 0. The first-order valence-electron chi connectivity index (χ1n) is 39.3. The lowest BCUT2D eigenvalue weighted by molar-refractivity contribution is -0.302. The van der Waals surface area contributed by atoms with E-state index in [1.165, 1.54) is 257 Å². The molecule has 1 rings (SSSR count). The lowest BCUT2D eigenvalue weighted by Gasteiger charge is -2.40. The molecule has 0 spiro atoms. The van der Waals surface area contributed by atoms with Gasteiger partial charge in [-0.2, -0.15) is 0 Å². The van der Waals surface area contributed by atoms with Crippen molar-refractivity contribution >= 4 is 11.9 Å². The molecule has 0 aliphatic carbocycles. The maximum atomic E-state index is 13.0. The summed E-state index contributed by atoms with van der Waals surface area (Å²) >= 11 is 0. The molecule has 0 aromatic carbocycles. The van der Waals surface area contributed by atoms with Gasteiger partial charge in [-0.15, -0.1) is 0 Å². The van der Waals surface area contributed by atoms with Crippen molar-refractivity contribution in [2.24, 2.45) is 0 Å². The van der Waals surface area contributed by atoms with E-state index in [0.717, 1.165) is 77.0 Å². The minimum Gasteiger partial charge on any atom is -0.466 e. The van der Waals surface area contributed by atoms with Crippen LogP contribution in [0.25, 0.3) is 0 Å². The van der Waals surface area contributed by atoms with Crippen molar-refractivity contribution < 1.29 is 49.3 Å². The Morgan fingerprint density at radius 2 is 0.774 bits per heavy atom. The molecule has 1 aliphatic heterocycles. The molecule has 7 atom stereocenters. The molecular formula is C82H147NO10. The maximum absolute atomic E-state index is 13.0. The number of allylic oxidation sites excluding steroid dienone is 13. The number of hydrogen-bond acceptors (Lipinski definition) is 10. The Bertz CT molecular complexity index is 1820. The van der Waals surface area contributed by atoms with E-state index in [0.29, 0.717) is 19.4 Å². The SMILES string of the molecule is C/C=C/CC/C=C/CC/C=C/C(O)C(COC1OC(CO)C(O)C(O)C1O)NC(=O)CCCCCCCCCCCCCCCCCCC/C=C\C/C=C\CCCCCCCCCCCCCCCOC(=O)CCCCCCCCCCC/C=C\C/C=C\CCCCC. The molecular weight excluding hydrogens is 1160 g/mol. The van der Waals surface area contributed by atoms with E-state index in [-0.39, 0.29) is 18.5 Å². The molecule has 11 nitrogen and oxygen atoms in total. The van der Waals surface area contributed by atoms with Gasteiger partial charge in [-0.05, 0) is 116 Å². The van der Waals surface area contributed by atoms with E-state index < -0.39 is 49.5 Å². The van der Waals surface area contributed by atoms with E-state index in [1.54, 1.807) is 6.08 Å². The second kappa shape index (κ2) is 70.2. The highest BCUT2D eigenvalue weighted by atomic mass is 16.7. The van der Waals surface area contributed by atoms with Crippen LogP contribution in [-0.4, -0.2) is 100 Å². The number of amides is 1. The van der Waals surface area contributed by atoms with Gasteiger partial charge in [0.1, 0.15) is 24.4 Å². The summed E-state index contributed by atoms with van der Waals surface area (Å²) in [5.74, 6) is -0.188. The summed E-state index contributed by atoms with van der Waals surface area (Å²) in [6, 6.07) is -0.833. The van der Waals surface area contributed by atoms with Gasteiger partial charge < -0.3 is 45.1 Å². The van der Waals surface area contributed by atoms with Crippen molar-refractivity contribution in [1.29, 1.82) is 0 Å². The zero-order valence-electron chi connectivity index (χ0n) is 60.2. The largest absolute Gasteiger partial charge is 0.466 e. The first-order valence-corrected chi connectivity index (χ1v) is 39.3. The van der Waals surface area contributed by atoms with Crippen molar-refractivity contribution in [2.45, 2.75) is 403 Å². The average molecular weight is 1310 g/mol. The quantitative estimate of drug-likeness (QED) is 0.0195. The van der Waals surface area contributed by atoms with Crippen LogP contribution >= 0.6 is 0 Å². The molecule has 93 heavy (non-hydrogen) atoms. The van der Waals surface area contributed by atoms with E-state index in [4.69, 9.17) is 14.2 Å². The minimum absolute atomic E-state index is 0.00821. The van der Waals surface area contributed by atoms with Crippen LogP contribution in [0.2, 0.25) is 0 Å². The van der Waals surface area contributed by atoms with Gasteiger partial charge in [-0.3, -0.25) is 9.59 Å². The average Bonchev–Trinajstić information content (AvgIpc) is 1.10. The van der Waals surface area contributed by atoms with Crippen molar-refractivity contribution in [3.63, 3.8) is 0 Å². The number of esters is 1. The van der Waals surface area contributed by atoms with Crippen LogP contribution in [0.4, 0.5) is 0 Å². The number of hydrogen-bond donors (Lipinski definition) is 6.